The summed E-state index contributed by atoms with van der Waals surface area (Å²) in [5.74, 6) is 1.14. The predicted molar refractivity (Wildman–Crippen MR) is 98.1 cm³/mol. The van der Waals surface area contributed by atoms with Crippen LogP contribution in [0.2, 0.25) is 0 Å². The van der Waals surface area contributed by atoms with Gasteiger partial charge in [0.2, 0.25) is 11.8 Å². The van der Waals surface area contributed by atoms with Gasteiger partial charge in [-0.3, -0.25) is 9.59 Å². The molecule has 1 aliphatic carbocycles. The molecule has 1 fully saturated rings. The maximum absolute atomic E-state index is 12.1. The highest BCUT2D eigenvalue weighted by Crippen LogP contribution is 2.24. The van der Waals surface area contributed by atoms with Crippen molar-refractivity contribution >= 4 is 11.8 Å². The van der Waals surface area contributed by atoms with E-state index in [4.69, 9.17) is 4.74 Å². The van der Waals surface area contributed by atoms with E-state index in [2.05, 4.69) is 15.6 Å². The molecule has 6 nitrogen and oxygen atoms in total. The average Bonchev–Trinajstić information content (AvgIpc) is 3.21. The Hall–Kier alpha value is -2.89. The molecule has 0 atom stereocenters. The lowest BCUT2D eigenvalue weighted by molar-refractivity contribution is -0.124. The molecular formula is C20H23N3O3. The van der Waals surface area contributed by atoms with Crippen LogP contribution >= 0.6 is 0 Å². The van der Waals surface area contributed by atoms with Gasteiger partial charge < -0.3 is 15.4 Å². The molecule has 26 heavy (non-hydrogen) atoms. The predicted octanol–water partition coefficient (Wildman–Crippen LogP) is 2.91. The van der Waals surface area contributed by atoms with Crippen LogP contribution in [-0.2, 0) is 4.79 Å². The van der Waals surface area contributed by atoms with E-state index in [1.54, 1.807) is 12.1 Å². The van der Waals surface area contributed by atoms with Gasteiger partial charge in [0.05, 0.1) is 5.56 Å². The molecular weight excluding hydrogens is 330 g/mol. The highest BCUT2D eigenvalue weighted by Gasteiger charge is 2.21. The van der Waals surface area contributed by atoms with Crippen molar-refractivity contribution in [2.24, 2.45) is 5.92 Å². The van der Waals surface area contributed by atoms with Crippen LogP contribution in [0.4, 0.5) is 0 Å². The highest BCUT2D eigenvalue weighted by atomic mass is 16.5. The normalized spacial score (nSPS) is 14.0. The number of para-hydroxylation sites is 1. The molecule has 1 heterocycles. The Kier molecular flexibility index (Phi) is 6.19. The molecule has 2 aromatic rings. The van der Waals surface area contributed by atoms with Crippen molar-refractivity contribution in [2.45, 2.75) is 25.7 Å². The minimum atomic E-state index is -0.223. The number of hydrogen-bond donors (Lipinski definition) is 2. The van der Waals surface area contributed by atoms with Crippen molar-refractivity contribution in [3.05, 3.63) is 54.2 Å². The molecule has 3 rings (SSSR count). The maximum Gasteiger partial charge on any atom is 0.252 e. The molecule has 136 valence electrons. The first kappa shape index (κ1) is 17.9. The number of aromatic nitrogens is 1. The molecule has 1 aromatic carbocycles. The lowest BCUT2D eigenvalue weighted by atomic mass is 10.1. The molecule has 1 saturated carbocycles. The van der Waals surface area contributed by atoms with Crippen LogP contribution in [0.5, 0.6) is 11.6 Å². The van der Waals surface area contributed by atoms with E-state index in [0.29, 0.717) is 30.3 Å². The summed E-state index contributed by atoms with van der Waals surface area (Å²) in [6.45, 7) is 0.823. The fourth-order valence-corrected chi connectivity index (χ4v) is 2.98. The van der Waals surface area contributed by atoms with Crippen molar-refractivity contribution in [3.8, 4) is 11.6 Å². The fraction of sp³-hybridized carbons (Fsp3) is 0.350. The Labute approximate surface area is 153 Å². The number of hydrogen-bond acceptors (Lipinski definition) is 4. The summed E-state index contributed by atoms with van der Waals surface area (Å²) in [4.78, 5) is 28.2. The second kappa shape index (κ2) is 8.99. The largest absolute Gasteiger partial charge is 0.439 e. The first-order valence-corrected chi connectivity index (χ1v) is 8.97. The lowest BCUT2D eigenvalue weighted by Crippen LogP contribution is -2.37. The summed E-state index contributed by atoms with van der Waals surface area (Å²) in [6, 6.07) is 12.7. The van der Waals surface area contributed by atoms with E-state index in [9.17, 15) is 9.59 Å². The number of pyridine rings is 1. The van der Waals surface area contributed by atoms with E-state index in [-0.39, 0.29) is 17.7 Å². The van der Waals surface area contributed by atoms with Crippen molar-refractivity contribution < 1.29 is 14.3 Å². The minimum Gasteiger partial charge on any atom is -0.439 e. The second-order valence-electron chi connectivity index (χ2n) is 6.33. The van der Waals surface area contributed by atoms with Gasteiger partial charge in [-0.15, -0.1) is 0 Å². The molecule has 1 aliphatic rings. The Bertz CT molecular complexity index is 726. The zero-order chi connectivity index (χ0) is 18.2. The van der Waals surface area contributed by atoms with E-state index >= 15 is 0 Å². The maximum atomic E-state index is 12.1. The van der Waals surface area contributed by atoms with Gasteiger partial charge in [0.1, 0.15) is 5.75 Å². The van der Waals surface area contributed by atoms with Gasteiger partial charge in [-0.1, -0.05) is 31.0 Å². The Morgan fingerprint density at radius 1 is 1.00 bits per heavy atom. The number of carbonyl (C=O) groups is 2. The van der Waals surface area contributed by atoms with Gasteiger partial charge in [-0.2, -0.15) is 0 Å². The summed E-state index contributed by atoms with van der Waals surface area (Å²) >= 11 is 0. The quantitative estimate of drug-likeness (QED) is 0.750. The number of carbonyl (C=O) groups excluding carboxylic acids is 2. The molecule has 0 radical (unpaired) electrons. The Morgan fingerprint density at radius 3 is 2.42 bits per heavy atom. The van der Waals surface area contributed by atoms with E-state index in [0.717, 1.165) is 25.7 Å². The van der Waals surface area contributed by atoms with Gasteiger partial charge in [0.15, 0.2) is 0 Å². The van der Waals surface area contributed by atoms with Crippen molar-refractivity contribution in [1.82, 2.24) is 15.6 Å². The summed E-state index contributed by atoms with van der Waals surface area (Å²) in [6.07, 6.45) is 5.69. The lowest BCUT2D eigenvalue weighted by Gasteiger charge is -2.11. The summed E-state index contributed by atoms with van der Waals surface area (Å²) < 4.78 is 5.60. The Morgan fingerprint density at radius 2 is 1.73 bits per heavy atom. The number of nitrogens with one attached hydrogen (secondary N) is 2. The summed E-state index contributed by atoms with van der Waals surface area (Å²) in [5.41, 5.74) is 0.451. The number of benzene rings is 1. The zero-order valence-corrected chi connectivity index (χ0v) is 14.6. The zero-order valence-electron chi connectivity index (χ0n) is 14.6. The number of ether oxygens (including phenoxy) is 1. The van der Waals surface area contributed by atoms with Crippen LogP contribution in [0.1, 0.15) is 36.0 Å². The van der Waals surface area contributed by atoms with E-state index < -0.39 is 0 Å². The van der Waals surface area contributed by atoms with Crippen LogP contribution in [0, 0.1) is 5.92 Å². The average molecular weight is 353 g/mol. The third-order valence-electron chi connectivity index (χ3n) is 4.40. The van der Waals surface area contributed by atoms with Crippen molar-refractivity contribution in [2.75, 3.05) is 13.1 Å². The fourth-order valence-electron chi connectivity index (χ4n) is 2.98. The van der Waals surface area contributed by atoms with Crippen LogP contribution in [-0.4, -0.2) is 29.9 Å². The van der Waals surface area contributed by atoms with Crippen LogP contribution in [0.25, 0.3) is 0 Å². The minimum absolute atomic E-state index is 0.0980. The SMILES string of the molecule is O=C(NCCNC(=O)C1CCCC1)c1ccc(Oc2ccccc2)nc1. The first-order chi connectivity index (χ1) is 12.7. The highest BCUT2D eigenvalue weighted by molar-refractivity contribution is 5.93. The molecule has 0 unspecified atom stereocenters. The molecule has 2 amide bonds. The van der Waals surface area contributed by atoms with Crippen molar-refractivity contribution in [1.29, 1.82) is 0 Å². The molecule has 0 saturated heterocycles. The van der Waals surface area contributed by atoms with Gasteiger partial charge in [0, 0.05) is 31.3 Å². The van der Waals surface area contributed by atoms with Gasteiger partial charge in [-0.05, 0) is 31.0 Å². The number of nitrogens with zero attached hydrogens (tertiary/aromatic N) is 1. The molecule has 0 bridgehead atoms. The number of rotatable bonds is 7. The molecule has 6 heteroatoms. The van der Waals surface area contributed by atoms with Crippen molar-refractivity contribution in [3.63, 3.8) is 0 Å². The van der Waals surface area contributed by atoms with Crippen LogP contribution < -0.4 is 15.4 Å². The van der Waals surface area contributed by atoms with Crippen LogP contribution in [0.3, 0.4) is 0 Å². The standard InChI is InChI=1S/C20H23N3O3/c24-19(15-6-4-5-7-15)21-12-13-22-20(25)16-10-11-18(23-14-16)26-17-8-2-1-3-9-17/h1-3,8-11,14-15H,4-7,12-13H2,(H,21,24)(H,22,25). The molecule has 0 aliphatic heterocycles. The monoisotopic (exact) mass is 353 g/mol. The van der Waals surface area contributed by atoms with Gasteiger partial charge in [0.25, 0.3) is 5.91 Å². The summed E-state index contributed by atoms with van der Waals surface area (Å²) in [7, 11) is 0. The molecule has 1 aromatic heterocycles. The van der Waals surface area contributed by atoms with Gasteiger partial charge in [-0.25, -0.2) is 4.98 Å². The molecule has 2 N–H and O–H groups in total. The van der Waals surface area contributed by atoms with E-state index in [1.807, 2.05) is 30.3 Å². The first-order valence-electron chi connectivity index (χ1n) is 8.97. The Balaban J connectivity index is 1.41. The summed E-state index contributed by atoms with van der Waals surface area (Å²) in [5, 5.41) is 5.66. The molecule has 0 spiro atoms. The second-order valence-corrected chi connectivity index (χ2v) is 6.33. The number of amides is 2. The van der Waals surface area contributed by atoms with E-state index in [1.165, 1.54) is 6.20 Å². The topological polar surface area (TPSA) is 80.3 Å². The smallest absolute Gasteiger partial charge is 0.252 e. The van der Waals surface area contributed by atoms with Crippen LogP contribution in [0.15, 0.2) is 48.7 Å². The van der Waals surface area contributed by atoms with Gasteiger partial charge >= 0.3 is 0 Å². The third-order valence-corrected chi connectivity index (χ3v) is 4.40. The third kappa shape index (κ3) is 5.05.